The number of nitrogens with zero attached hydrogens (tertiary/aromatic N) is 1. The van der Waals surface area contributed by atoms with Crippen molar-refractivity contribution < 1.29 is 18.3 Å². The van der Waals surface area contributed by atoms with Gasteiger partial charge in [0, 0.05) is 5.38 Å². The van der Waals surface area contributed by atoms with E-state index in [9.17, 15) is 13.2 Å². The normalized spacial score (nSPS) is 11.4. The third-order valence-electron chi connectivity index (χ3n) is 2.68. The van der Waals surface area contributed by atoms with Crippen LogP contribution in [0.5, 0.6) is 0 Å². The van der Waals surface area contributed by atoms with E-state index < -0.39 is 16.0 Å². The number of nitrogens with one attached hydrogen (secondary N) is 1. The highest BCUT2D eigenvalue weighted by Gasteiger charge is 2.17. The predicted molar refractivity (Wildman–Crippen MR) is 74.3 cm³/mol. The average molecular weight is 312 g/mol. The van der Waals surface area contributed by atoms with Gasteiger partial charge in [-0.25, -0.2) is 22.9 Å². The fourth-order valence-electron chi connectivity index (χ4n) is 1.58. The van der Waals surface area contributed by atoms with Crippen molar-refractivity contribution in [3.8, 4) is 0 Å². The van der Waals surface area contributed by atoms with Crippen LogP contribution in [0.25, 0.3) is 0 Å². The van der Waals surface area contributed by atoms with Crippen LogP contribution < -0.4 is 4.72 Å². The second-order valence-electron chi connectivity index (χ2n) is 4.09. The van der Waals surface area contributed by atoms with E-state index in [0.29, 0.717) is 11.3 Å². The van der Waals surface area contributed by atoms with Gasteiger partial charge in [0.1, 0.15) is 0 Å². The topological polar surface area (TPSA) is 96.4 Å². The summed E-state index contributed by atoms with van der Waals surface area (Å²) in [5.41, 5.74) is 2.71. The summed E-state index contributed by atoms with van der Waals surface area (Å²) >= 11 is 1.37. The molecule has 2 aromatic rings. The molecular weight excluding hydrogens is 300 g/mol. The molecule has 0 radical (unpaired) electrons. The predicted octanol–water partition coefficient (Wildman–Crippen LogP) is 1.63. The van der Waals surface area contributed by atoms with Gasteiger partial charge in [-0.05, 0) is 24.6 Å². The second-order valence-corrected chi connectivity index (χ2v) is 6.57. The van der Waals surface area contributed by atoms with Crippen molar-refractivity contribution >= 4 is 27.3 Å². The molecule has 6 nitrogen and oxygen atoms in total. The maximum atomic E-state index is 12.1. The lowest BCUT2D eigenvalue weighted by atomic mass is 10.1. The molecule has 0 atom stereocenters. The minimum absolute atomic E-state index is 0.0264. The molecule has 0 spiro atoms. The summed E-state index contributed by atoms with van der Waals surface area (Å²) in [6, 6.07) is 4.01. The van der Waals surface area contributed by atoms with Gasteiger partial charge in [-0.2, -0.15) is 0 Å². The van der Waals surface area contributed by atoms with Crippen molar-refractivity contribution in [2.45, 2.75) is 18.4 Å². The first-order valence-electron chi connectivity index (χ1n) is 5.61. The second kappa shape index (κ2) is 5.70. The van der Waals surface area contributed by atoms with E-state index in [2.05, 4.69) is 9.71 Å². The Morgan fingerprint density at radius 2 is 2.20 bits per heavy atom. The van der Waals surface area contributed by atoms with Crippen molar-refractivity contribution in [2.24, 2.45) is 0 Å². The smallest absolute Gasteiger partial charge is 0.335 e. The Labute approximate surface area is 120 Å². The van der Waals surface area contributed by atoms with Crippen LogP contribution in [0, 0.1) is 6.92 Å². The lowest BCUT2D eigenvalue weighted by molar-refractivity contribution is 0.0696. The standard InChI is InChI=1S/C12H12N2O4S2/c1-8-2-3-10(4-11(8)12(15)16)20(17,18)14-5-9-6-19-7-13-9/h2-4,6-7,14H,5H2,1H3,(H,15,16). The van der Waals surface area contributed by atoms with Crippen LogP contribution in [-0.4, -0.2) is 24.5 Å². The molecule has 0 fully saturated rings. The molecule has 106 valence electrons. The minimum Gasteiger partial charge on any atom is -0.478 e. The first-order chi connectivity index (χ1) is 9.40. The molecule has 1 aromatic heterocycles. The Bertz CT molecular complexity index is 724. The summed E-state index contributed by atoms with van der Waals surface area (Å²) in [4.78, 5) is 14.9. The number of carboxylic acid groups (broad SMARTS) is 1. The lowest BCUT2D eigenvalue weighted by Crippen LogP contribution is -2.23. The Morgan fingerprint density at radius 3 is 2.80 bits per heavy atom. The molecule has 8 heteroatoms. The van der Waals surface area contributed by atoms with Crippen molar-refractivity contribution in [1.29, 1.82) is 0 Å². The summed E-state index contributed by atoms with van der Waals surface area (Å²) in [5.74, 6) is -1.15. The maximum absolute atomic E-state index is 12.1. The number of aromatic carboxylic acids is 1. The van der Waals surface area contributed by atoms with E-state index in [0.717, 1.165) is 6.07 Å². The zero-order valence-electron chi connectivity index (χ0n) is 10.5. The fraction of sp³-hybridized carbons (Fsp3) is 0.167. The number of rotatable bonds is 5. The van der Waals surface area contributed by atoms with Gasteiger partial charge in [-0.15, -0.1) is 11.3 Å². The van der Waals surface area contributed by atoms with Crippen LogP contribution in [0.2, 0.25) is 0 Å². The summed E-state index contributed by atoms with van der Waals surface area (Å²) < 4.78 is 26.6. The fourth-order valence-corrected chi connectivity index (χ4v) is 3.16. The maximum Gasteiger partial charge on any atom is 0.335 e. The number of hydrogen-bond donors (Lipinski definition) is 2. The first kappa shape index (κ1) is 14.6. The number of aromatic nitrogens is 1. The van der Waals surface area contributed by atoms with Crippen molar-refractivity contribution in [3.63, 3.8) is 0 Å². The van der Waals surface area contributed by atoms with Gasteiger partial charge in [-0.3, -0.25) is 0 Å². The van der Waals surface area contributed by atoms with Gasteiger partial charge in [0.25, 0.3) is 0 Å². The van der Waals surface area contributed by atoms with Crippen LogP contribution in [0.3, 0.4) is 0 Å². The molecule has 20 heavy (non-hydrogen) atoms. The van der Waals surface area contributed by atoms with Gasteiger partial charge in [0.2, 0.25) is 10.0 Å². The van der Waals surface area contributed by atoms with Crippen LogP contribution in [0.4, 0.5) is 0 Å². The molecule has 2 rings (SSSR count). The summed E-state index contributed by atoms with van der Waals surface area (Å²) in [6.45, 7) is 1.69. The average Bonchev–Trinajstić information content (AvgIpc) is 2.89. The third kappa shape index (κ3) is 3.21. The number of carbonyl (C=O) groups is 1. The molecule has 0 aliphatic heterocycles. The molecule has 0 saturated carbocycles. The van der Waals surface area contributed by atoms with Crippen LogP contribution in [-0.2, 0) is 16.6 Å². The third-order valence-corrected chi connectivity index (χ3v) is 4.71. The Morgan fingerprint density at radius 1 is 1.45 bits per heavy atom. The van der Waals surface area contributed by atoms with Gasteiger partial charge >= 0.3 is 5.97 Å². The number of benzene rings is 1. The van der Waals surface area contributed by atoms with Crippen LogP contribution in [0.15, 0.2) is 34.0 Å². The number of thiazole rings is 1. The Hall–Kier alpha value is -1.77. The molecule has 0 saturated heterocycles. The number of carboxylic acids is 1. The van der Waals surface area contributed by atoms with Gasteiger partial charge in [-0.1, -0.05) is 6.07 Å². The highest BCUT2D eigenvalue weighted by atomic mass is 32.2. The zero-order chi connectivity index (χ0) is 14.8. The Balaban J connectivity index is 2.25. The lowest BCUT2D eigenvalue weighted by Gasteiger charge is -2.08. The number of aryl methyl sites for hydroxylation is 1. The van der Waals surface area contributed by atoms with Crippen molar-refractivity contribution in [2.75, 3.05) is 0 Å². The molecule has 2 N–H and O–H groups in total. The summed E-state index contributed by atoms with van der Waals surface area (Å²) in [5, 5.41) is 10.7. The molecule has 1 aromatic carbocycles. The molecule has 0 bridgehead atoms. The quantitative estimate of drug-likeness (QED) is 0.874. The van der Waals surface area contributed by atoms with Crippen LogP contribution in [0.1, 0.15) is 21.6 Å². The molecular formula is C12H12N2O4S2. The van der Waals surface area contributed by atoms with E-state index >= 15 is 0 Å². The number of sulfonamides is 1. The summed E-state index contributed by atoms with van der Waals surface area (Å²) in [6.07, 6.45) is 0. The molecule has 0 unspecified atom stereocenters. The van der Waals surface area contributed by atoms with Gasteiger partial charge in [0.05, 0.1) is 28.2 Å². The van der Waals surface area contributed by atoms with Gasteiger partial charge < -0.3 is 5.11 Å². The summed E-state index contributed by atoms with van der Waals surface area (Å²) in [7, 11) is -3.76. The van der Waals surface area contributed by atoms with E-state index in [4.69, 9.17) is 5.11 Å². The van der Waals surface area contributed by atoms with E-state index in [1.807, 2.05) is 0 Å². The molecule has 0 amide bonds. The van der Waals surface area contributed by atoms with Crippen molar-refractivity contribution in [1.82, 2.24) is 9.71 Å². The van der Waals surface area contributed by atoms with Gasteiger partial charge in [0.15, 0.2) is 0 Å². The Kier molecular flexibility index (Phi) is 4.17. The number of hydrogen-bond acceptors (Lipinski definition) is 5. The highest BCUT2D eigenvalue weighted by Crippen LogP contribution is 2.16. The molecule has 0 aliphatic carbocycles. The van der Waals surface area contributed by atoms with Crippen molar-refractivity contribution in [3.05, 3.63) is 45.9 Å². The molecule has 1 heterocycles. The van der Waals surface area contributed by atoms with E-state index in [1.54, 1.807) is 17.8 Å². The van der Waals surface area contributed by atoms with Crippen LogP contribution >= 0.6 is 11.3 Å². The SMILES string of the molecule is Cc1ccc(S(=O)(=O)NCc2cscn2)cc1C(=O)O. The first-order valence-corrected chi connectivity index (χ1v) is 8.03. The highest BCUT2D eigenvalue weighted by molar-refractivity contribution is 7.89. The monoisotopic (exact) mass is 312 g/mol. The van der Waals surface area contributed by atoms with E-state index in [1.165, 1.54) is 23.5 Å². The molecule has 0 aliphatic rings. The zero-order valence-corrected chi connectivity index (χ0v) is 12.2. The largest absolute Gasteiger partial charge is 0.478 e. The minimum atomic E-state index is -3.76. The van der Waals surface area contributed by atoms with E-state index in [-0.39, 0.29) is 17.0 Å².